The van der Waals surface area contributed by atoms with Gasteiger partial charge < -0.3 is 9.64 Å². The average molecular weight is 340 g/mol. The number of fused-ring (bicyclic) bond motifs is 1. The van der Waals surface area contributed by atoms with Crippen molar-refractivity contribution in [2.24, 2.45) is 0 Å². The van der Waals surface area contributed by atoms with Gasteiger partial charge in [0.1, 0.15) is 5.82 Å². The lowest BCUT2D eigenvalue weighted by Gasteiger charge is -2.35. The van der Waals surface area contributed by atoms with E-state index >= 15 is 0 Å². The maximum absolute atomic E-state index is 5.13. The molecule has 3 rings (SSSR count). The molecule has 1 aliphatic rings. The number of nitrogens with zero attached hydrogens (tertiary/aromatic N) is 5. The number of halogens is 1. The Morgan fingerprint density at radius 1 is 1.30 bits per heavy atom. The van der Waals surface area contributed by atoms with Crippen LogP contribution in [-0.2, 0) is 4.74 Å². The van der Waals surface area contributed by atoms with Gasteiger partial charge in [-0.15, -0.1) is 0 Å². The zero-order chi connectivity index (χ0) is 13.9. The standard InChI is InChI=1S/C13H18BrN5O/c1-20-9-8-17-4-6-18(7-5-17)12-2-3-19-13(16-12)11(14)10-15-19/h2-3,10H,4-9H2,1H3. The fourth-order valence-electron chi connectivity index (χ4n) is 2.43. The second-order valence-electron chi connectivity index (χ2n) is 4.87. The molecule has 0 saturated carbocycles. The molecule has 2 aromatic heterocycles. The minimum Gasteiger partial charge on any atom is -0.383 e. The van der Waals surface area contributed by atoms with Crippen molar-refractivity contribution in [1.82, 2.24) is 19.5 Å². The second kappa shape index (κ2) is 6.07. The third-order valence-corrected chi connectivity index (χ3v) is 4.18. The number of anilines is 1. The lowest BCUT2D eigenvalue weighted by atomic mass is 10.3. The Hall–Kier alpha value is -1.18. The Morgan fingerprint density at radius 2 is 2.10 bits per heavy atom. The van der Waals surface area contributed by atoms with Crippen LogP contribution in [0, 0.1) is 0 Å². The highest BCUT2D eigenvalue weighted by Gasteiger charge is 2.18. The highest BCUT2D eigenvalue weighted by Crippen LogP contribution is 2.19. The molecule has 0 aromatic carbocycles. The Bertz CT molecular complexity index is 579. The summed E-state index contributed by atoms with van der Waals surface area (Å²) in [5, 5.41) is 4.22. The van der Waals surface area contributed by atoms with Crippen molar-refractivity contribution >= 4 is 27.4 Å². The average Bonchev–Trinajstić information content (AvgIpc) is 2.87. The number of hydrogen-bond acceptors (Lipinski definition) is 5. The summed E-state index contributed by atoms with van der Waals surface area (Å²) >= 11 is 3.48. The molecule has 6 nitrogen and oxygen atoms in total. The first-order chi connectivity index (χ1) is 9.78. The lowest BCUT2D eigenvalue weighted by molar-refractivity contribution is 0.144. The van der Waals surface area contributed by atoms with E-state index in [0.717, 1.165) is 55.3 Å². The molecule has 0 unspecified atom stereocenters. The first kappa shape index (κ1) is 13.8. The maximum Gasteiger partial charge on any atom is 0.171 e. The monoisotopic (exact) mass is 339 g/mol. The molecule has 0 radical (unpaired) electrons. The van der Waals surface area contributed by atoms with Crippen LogP contribution in [0.5, 0.6) is 0 Å². The van der Waals surface area contributed by atoms with E-state index in [9.17, 15) is 0 Å². The number of aromatic nitrogens is 3. The molecule has 7 heteroatoms. The van der Waals surface area contributed by atoms with Gasteiger partial charge in [-0.05, 0) is 22.0 Å². The summed E-state index contributed by atoms with van der Waals surface area (Å²) in [6.07, 6.45) is 3.73. The van der Waals surface area contributed by atoms with Crippen molar-refractivity contribution in [1.29, 1.82) is 0 Å². The highest BCUT2D eigenvalue weighted by molar-refractivity contribution is 9.10. The van der Waals surface area contributed by atoms with Gasteiger partial charge in [-0.25, -0.2) is 9.50 Å². The van der Waals surface area contributed by atoms with E-state index in [1.165, 1.54) is 0 Å². The van der Waals surface area contributed by atoms with Crippen LogP contribution in [0.15, 0.2) is 22.9 Å². The third-order valence-electron chi connectivity index (χ3n) is 3.62. The van der Waals surface area contributed by atoms with Gasteiger partial charge in [0.2, 0.25) is 0 Å². The number of hydrogen-bond donors (Lipinski definition) is 0. The van der Waals surface area contributed by atoms with E-state index in [1.54, 1.807) is 17.8 Å². The molecule has 20 heavy (non-hydrogen) atoms. The maximum atomic E-state index is 5.13. The van der Waals surface area contributed by atoms with Gasteiger partial charge >= 0.3 is 0 Å². The summed E-state index contributed by atoms with van der Waals surface area (Å²) in [5.41, 5.74) is 0.865. The van der Waals surface area contributed by atoms with Crippen LogP contribution in [0.4, 0.5) is 5.82 Å². The van der Waals surface area contributed by atoms with Crippen LogP contribution in [0.1, 0.15) is 0 Å². The predicted octanol–water partition coefficient (Wildman–Crippen LogP) is 1.26. The van der Waals surface area contributed by atoms with Crippen LogP contribution in [-0.4, -0.2) is 65.9 Å². The van der Waals surface area contributed by atoms with Gasteiger partial charge in [-0.3, -0.25) is 4.90 Å². The Labute approximate surface area is 126 Å². The summed E-state index contributed by atoms with van der Waals surface area (Å²) in [4.78, 5) is 9.43. The molecule has 0 aliphatic carbocycles. The van der Waals surface area contributed by atoms with Crippen LogP contribution < -0.4 is 4.90 Å². The summed E-state index contributed by atoms with van der Waals surface area (Å²) < 4.78 is 7.83. The van der Waals surface area contributed by atoms with Crippen LogP contribution in [0.2, 0.25) is 0 Å². The summed E-state index contributed by atoms with van der Waals surface area (Å²) in [6, 6.07) is 2.03. The smallest absolute Gasteiger partial charge is 0.171 e. The van der Waals surface area contributed by atoms with Gasteiger partial charge in [0.15, 0.2) is 5.65 Å². The second-order valence-corrected chi connectivity index (χ2v) is 5.72. The van der Waals surface area contributed by atoms with Gasteiger partial charge in [-0.2, -0.15) is 5.10 Å². The van der Waals surface area contributed by atoms with Gasteiger partial charge in [0.05, 0.1) is 17.3 Å². The van der Waals surface area contributed by atoms with E-state index in [4.69, 9.17) is 4.74 Å². The number of methoxy groups -OCH3 is 1. The molecule has 0 spiro atoms. The Morgan fingerprint density at radius 3 is 2.85 bits per heavy atom. The molecule has 0 atom stereocenters. The molecular formula is C13H18BrN5O. The normalized spacial score (nSPS) is 17.0. The predicted molar refractivity (Wildman–Crippen MR) is 81.2 cm³/mol. The zero-order valence-corrected chi connectivity index (χ0v) is 13.1. The highest BCUT2D eigenvalue weighted by atomic mass is 79.9. The summed E-state index contributed by atoms with van der Waals surface area (Å²) in [7, 11) is 1.75. The third kappa shape index (κ3) is 2.79. The SMILES string of the molecule is COCCN1CCN(c2ccn3ncc(Br)c3n2)CC1. The van der Waals surface area contributed by atoms with Crippen LogP contribution in [0.25, 0.3) is 5.65 Å². The van der Waals surface area contributed by atoms with E-state index in [0.29, 0.717) is 0 Å². The minimum absolute atomic E-state index is 0.799. The summed E-state index contributed by atoms with van der Waals surface area (Å²) in [6.45, 7) is 5.91. The molecule has 0 bridgehead atoms. The number of rotatable bonds is 4. The van der Waals surface area contributed by atoms with Crippen molar-refractivity contribution in [2.75, 3.05) is 51.3 Å². The molecule has 1 aliphatic heterocycles. The van der Waals surface area contributed by atoms with Crippen molar-refractivity contribution in [3.8, 4) is 0 Å². The van der Waals surface area contributed by atoms with Crippen LogP contribution in [0.3, 0.4) is 0 Å². The van der Waals surface area contributed by atoms with Gasteiger partial charge in [-0.1, -0.05) is 0 Å². The summed E-state index contributed by atoms with van der Waals surface area (Å²) in [5.74, 6) is 1.02. The van der Waals surface area contributed by atoms with Crippen molar-refractivity contribution < 1.29 is 4.74 Å². The van der Waals surface area contributed by atoms with Crippen molar-refractivity contribution in [3.63, 3.8) is 0 Å². The molecule has 1 saturated heterocycles. The van der Waals surface area contributed by atoms with Gasteiger partial charge in [0.25, 0.3) is 0 Å². The Kier molecular flexibility index (Phi) is 4.18. The number of piperazine rings is 1. The topological polar surface area (TPSA) is 45.9 Å². The molecule has 1 fully saturated rings. The minimum atomic E-state index is 0.799. The first-order valence-corrected chi connectivity index (χ1v) is 7.53. The van der Waals surface area contributed by atoms with Crippen LogP contribution >= 0.6 is 15.9 Å². The fraction of sp³-hybridized carbons (Fsp3) is 0.538. The molecular weight excluding hydrogens is 322 g/mol. The fourth-order valence-corrected chi connectivity index (χ4v) is 2.79. The molecule has 2 aromatic rings. The first-order valence-electron chi connectivity index (χ1n) is 6.74. The van der Waals surface area contributed by atoms with Gasteiger partial charge in [0, 0.05) is 46.0 Å². The van der Waals surface area contributed by atoms with Crippen molar-refractivity contribution in [2.45, 2.75) is 0 Å². The molecule has 108 valence electrons. The lowest BCUT2D eigenvalue weighted by Crippen LogP contribution is -2.47. The Balaban J connectivity index is 1.68. The zero-order valence-electron chi connectivity index (χ0n) is 11.5. The number of ether oxygens (including phenoxy) is 1. The van der Waals surface area contributed by atoms with E-state index < -0.39 is 0 Å². The molecule has 0 N–H and O–H groups in total. The van der Waals surface area contributed by atoms with Crippen molar-refractivity contribution in [3.05, 3.63) is 22.9 Å². The molecule has 3 heterocycles. The van der Waals surface area contributed by atoms with E-state index in [-0.39, 0.29) is 0 Å². The molecule has 0 amide bonds. The van der Waals surface area contributed by atoms with E-state index in [1.807, 2.05) is 12.3 Å². The van der Waals surface area contributed by atoms with E-state index in [2.05, 4.69) is 35.8 Å². The largest absolute Gasteiger partial charge is 0.383 e. The quantitative estimate of drug-likeness (QED) is 0.839.